The van der Waals surface area contributed by atoms with Crippen LogP contribution in [-0.2, 0) is 10.8 Å². The molecule has 7 heteroatoms. The Morgan fingerprint density at radius 2 is 1.07 bits per heavy atom. The summed E-state index contributed by atoms with van der Waals surface area (Å²) in [7, 11) is 0. The van der Waals surface area contributed by atoms with E-state index in [1.54, 1.807) is 0 Å². The lowest BCUT2D eigenvalue weighted by Gasteiger charge is -2.43. The summed E-state index contributed by atoms with van der Waals surface area (Å²) in [6.07, 6.45) is 0. The summed E-state index contributed by atoms with van der Waals surface area (Å²) in [6.45, 7) is 22.6. The largest absolute Gasteiger partial charge is 0.342 e. The highest BCUT2D eigenvalue weighted by atomic mass is 35.5. The Balaban J connectivity index is 0.00000225. The maximum atomic E-state index is 5.07. The van der Waals surface area contributed by atoms with Crippen LogP contribution in [0.3, 0.4) is 0 Å². The van der Waals surface area contributed by atoms with Gasteiger partial charge in [0.25, 0.3) is 0 Å². The average Bonchev–Trinajstić information content (AvgIpc) is 3.34. The summed E-state index contributed by atoms with van der Waals surface area (Å²) in [5.74, 6) is 0.959. The number of rotatable bonds is 6. The fourth-order valence-corrected chi connectivity index (χ4v) is 6.57. The molecule has 0 radical (unpaired) electrons. The van der Waals surface area contributed by atoms with E-state index in [1.165, 1.54) is 22.3 Å². The summed E-state index contributed by atoms with van der Waals surface area (Å²) in [6, 6.07) is 29.2. The fraction of sp³-hybridized carbons (Fsp3) is 0.432. The molecule has 1 saturated heterocycles. The molecule has 240 valence electrons. The Morgan fingerprint density at radius 3 is 1.55 bits per heavy atom. The molecule has 0 bridgehead atoms. The minimum atomic E-state index is 0. The molecule has 0 spiro atoms. The van der Waals surface area contributed by atoms with E-state index in [-0.39, 0.29) is 60.1 Å². The van der Waals surface area contributed by atoms with Gasteiger partial charge in [0.1, 0.15) is 5.82 Å². The molecule has 1 unspecified atom stereocenters. The van der Waals surface area contributed by atoms with Crippen molar-refractivity contribution in [3.8, 4) is 11.4 Å². The molecule has 1 aromatic heterocycles. The van der Waals surface area contributed by atoms with E-state index in [0.717, 1.165) is 49.0 Å². The molecule has 5 rings (SSSR count). The van der Waals surface area contributed by atoms with Crippen LogP contribution in [0.25, 0.3) is 11.4 Å². The number of halogens is 3. The van der Waals surface area contributed by atoms with Gasteiger partial charge in [0.2, 0.25) is 0 Å². The molecule has 4 nitrogen and oxygen atoms in total. The number of aromatic nitrogens is 2. The van der Waals surface area contributed by atoms with Gasteiger partial charge in [-0.25, -0.2) is 4.98 Å². The van der Waals surface area contributed by atoms with E-state index in [0.29, 0.717) is 0 Å². The van der Waals surface area contributed by atoms with Gasteiger partial charge in [-0.1, -0.05) is 120 Å². The number of H-pyrrole nitrogens is 1. The highest BCUT2D eigenvalue weighted by Gasteiger charge is 2.34. The zero-order valence-corrected chi connectivity index (χ0v) is 30.0. The molecule has 1 fully saturated rings. The van der Waals surface area contributed by atoms with Gasteiger partial charge >= 0.3 is 0 Å². The van der Waals surface area contributed by atoms with Crippen LogP contribution in [0, 0.1) is 6.92 Å². The van der Waals surface area contributed by atoms with Crippen LogP contribution >= 0.6 is 37.2 Å². The lowest BCUT2D eigenvalue weighted by Crippen LogP contribution is -2.49. The minimum Gasteiger partial charge on any atom is -0.342 e. The normalized spacial score (nSPS) is 15.2. The van der Waals surface area contributed by atoms with Crippen LogP contribution in [-0.4, -0.2) is 45.9 Å². The van der Waals surface area contributed by atoms with Gasteiger partial charge in [-0.05, 0) is 46.9 Å². The van der Waals surface area contributed by atoms with Gasteiger partial charge in [-0.3, -0.25) is 9.80 Å². The summed E-state index contributed by atoms with van der Waals surface area (Å²) in [5.41, 5.74) is 9.33. The van der Waals surface area contributed by atoms with Crippen LogP contribution in [0.5, 0.6) is 0 Å². The van der Waals surface area contributed by atoms with E-state index in [2.05, 4.69) is 149 Å². The topological polar surface area (TPSA) is 35.2 Å². The molecule has 0 aliphatic carbocycles. The number of piperazine rings is 1. The molecule has 2 heterocycles. The molecule has 1 atom stereocenters. The third kappa shape index (κ3) is 8.08. The first-order valence-corrected chi connectivity index (χ1v) is 15.2. The van der Waals surface area contributed by atoms with Crippen molar-refractivity contribution in [1.29, 1.82) is 0 Å². The standard InChI is InChI=1S/C37H48N4.3ClH/c1-26-33(39-35(38-26)28-16-10-9-11-17-28)27(2)40-22-24-41(25-23-40)34(29-18-12-14-20-31(29)36(3,4)5)30-19-13-15-21-32(30)37(6,7)8;;;/h9-21,27,34H,22-25H2,1-8H3,(H,38,39);3*1H. The number of hydrogen-bond donors (Lipinski definition) is 1. The quantitative estimate of drug-likeness (QED) is 0.224. The predicted octanol–water partition coefficient (Wildman–Crippen LogP) is 9.71. The number of hydrogen-bond acceptors (Lipinski definition) is 3. The number of aryl methyl sites for hydroxylation is 1. The van der Waals surface area contributed by atoms with Crippen molar-refractivity contribution in [3.05, 3.63) is 113 Å². The molecular weight excluding hydrogens is 607 g/mol. The molecule has 1 aliphatic rings. The minimum absolute atomic E-state index is 0. The molecule has 3 aromatic carbocycles. The fourth-order valence-electron chi connectivity index (χ4n) is 6.57. The summed E-state index contributed by atoms with van der Waals surface area (Å²) in [5, 5.41) is 0. The monoisotopic (exact) mass is 656 g/mol. The zero-order chi connectivity index (χ0) is 29.4. The number of benzene rings is 3. The number of aromatic amines is 1. The Bertz CT molecular complexity index is 1400. The van der Waals surface area contributed by atoms with Crippen LogP contribution in [0.1, 0.15) is 94.2 Å². The van der Waals surface area contributed by atoms with Gasteiger partial charge in [0, 0.05) is 37.4 Å². The van der Waals surface area contributed by atoms with Crippen LogP contribution in [0.15, 0.2) is 78.9 Å². The van der Waals surface area contributed by atoms with E-state index in [9.17, 15) is 0 Å². The van der Waals surface area contributed by atoms with Crippen LogP contribution in [0.4, 0.5) is 0 Å². The summed E-state index contributed by atoms with van der Waals surface area (Å²) < 4.78 is 0. The number of nitrogens with zero attached hydrogens (tertiary/aromatic N) is 3. The van der Waals surface area contributed by atoms with Crippen molar-refractivity contribution in [2.75, 3.05) is 26.2 Å². The second-order valence-corrected chi connectivity index (χ2v) is 13.8. The molecule has 4 aromatic rings. The van der Waals surface area contributed by atoms with E-state index in [4.69, 9.17) is 4.98 Å². The Morgan fingerprint density at radius 1 is 0.636 bits per heavy atom. The second kappa shape index (κ2) is 15.3. The lowest BCUT2D eigenvalue weighted by atomic mass is 9.76. The average molecular weight is 658 g/mol. The predicted molar refractivity (Wildman–Crippen MR) is 194 cm³/mol. The number of nitrogens with one attached hydrogen (secondary N) is 1. The first kappa shape index (κ1) is 37.8. The van der Waals surface area contributed by atoms with Gasteiger partial charge in [-0.15, -0.1) is 37.2 Å². The molecule has 1 N–H and O–H groups in total. The van der Waals surface area contributed by atoms with Crippen molar-refractivity contribution in [2.45, 2.75) is 78.3 Å². The number of imidazole rings is 1. The summed E-state index contributed by atoms with van der Waals surface area (Å²) >= 11 is 0. The highest BCUT2D eigenvalue weighted by molar-refractivity contribution is 5.86. The Labute approximate surface area is 284 Å². The maximum absolute atomic E-state index is 5.07. The third-order valence-corrected chi connectivity index (χ3v) is 8.75. The highest BCUT2D eigenvalue weighted by Crippen LogP contribution is 2.41. The van der Waals surface area contributed by atoms with Gasteiger partial charge < -0.3 is 4.98 Å². The van der Waals surface area contributed by atoms with Gasteiger partial charge in [-0.2, -0.15) is 0 Å². The molecule has 0 amide bonds. The van der Waals surface area contributed by atoms with E-state index in [1.807, 2.05) is 0 Å². The molecule has 0 saturated carbocycles. The molecule has 1 aliphatic heterocycles. The first-order chi connectivity index (χ1) is 19.4. The SMILES string of the molecule is Cc1[nH]c(-c2ccccc2)nc1C(C)N1CCN(C(c2ccccc2C(C)(C)C)c2ccccc2C(C)(C)C)CC1.Cl.Cl.Cl. The third-order valence-electron chi connectivity index (χ3n) is 8.75. The van der Waals surface area contributed by atoms with Gasteiger partial charge in [0.05, 0.1) is 17.8 Å². The smallest absolute Gasteiger partial charge is 0.137 e. The van der Waals surface area contributed by atoms with Crippen molar-refractivity contribution in [2.24, 2.45) is 0 Å². The van der Waals surface area contributed by atoms with Crippen molar-refractivity contribution < 1.29 is 0 Å². The Hall–Kier alpha value is -2.34. The lowest BCUT2D eigenvalue weighted by molar-refractivity contribution is 0.0817. The van der Waals surface area contributed by atoms with Crippen molar-refractivity contribution in [3.63, 3.8) is 0 Å². The van der Waals surface area contributed by atoms with Crippen LogP contribution in [0.2, 0.25) is 0 Å². The van der Waals surface area contributed by atoms with Crippen LogP contribution < -0.4 is 0 Å². The van der Waals surface area contributed by atoms with E-state index < -0.39 is 0 Å². The van der Waals surface area contributed by atoms with E-state index >= 15 is 0 Å². The Kier molecular flexibility index (Phi) is 13.2. The maximum Gasteiger partial charge on any atom is 0.137 e. The zero-order valence-electron chi connectivity index (χ0n) is 27.6. The summed E-state index contributed by atoms with van der Waals surface area (Å²) in [4.78, 5) is 13.9. The molecule has 44 heavy (non-hydrogen) atoms. The van der Waals surface area contributed by atoms with Crippen molar-refractivity contribution in [1.82, 2.24) is 19.8 Å². The molecular formula is C37H51Cl3N4. The first-order valence-electron chi connectivity index (χ1n) is 15.2. The second-order valence-electron chi connectivity index (χ2n) is 13.8. The van der Waals surface area contributed by atoms with Gasteiger partial charge in [0.15, 0.2) is 0 Å². The van der Waals surface area contributed by atoms with Crippen molar-refractivity contribution >= 4 is 37.2 Å².